The van der Waals surface area contributed by atoms with Crippen LogP contribution in [-0.2, 0) is 4.79 Å². The summed E-state index contributed by atoms with van der Waals surface area (Å²) in [4.78, 5) is 11.1. The van der Waals surface area contributed by atoms with Crippen LogP contribution in [0.15, 0.2) is 0 Å². The summed E-state index contributed by atoms with van der Waals surface area (Å²) in [6.45, 7) is 11.8. The van der Waals surface area contributed by atoms with E-state index in [1.165, 1.54) is 25.7 Å². The molecule has 112 valence electrons. The summed E-state index contributed by atoms with van der Waals surface area (Å²) >= 11 is 0. The Labute approximate surface area is 118 Å². The molecule has 1 aliphatic carbocycles. The van der Waals surface area contributed by atoms with Gasteiger partial charge in [-0.2, -0.15) is 0 Å². The summed E-state index contributed by atoms with van der Waals surface area (Å²) in [5.41, 5.74) is 0.417. The third-order valence-electron chi connectivity index (χ3n) is 4.63. The maximum atomic E-state index is 11.1. The lowest BCUT2D eigenvalue weighted by atomic mass is 9.70. The molecule has 1 aliphatic rings. The second-order valence-electron chi connectivity index (χ2n) is 7.55. The number of hydrogen-bond acceptors (Lipinski definition) is 2. The van der Waals surface area contributed by atoms with E-state index in [4.69, 9.17) is 5.11 Å². The zero-order valence-electron chi connectivity index (χ0n) is 13.2. The van der Waals surface area contributed by atoms with Crippen molar-refractivity contribution in [2.45, 2.75) is 66.3 Å². The molecule has 2 N–H and O–H groups in total. The Morgan fingerprint density at radius 3 is 2.11 bits per heavy atom. The summed E-state index contributed by atoms with van der Waals surface area (Å²) in [7, 11) is 0. The molecule has 0 spiro atoms. The van der Waals surface area contributed by atoms with Crippen molar-refractivity contribution in [1.29, 1.82) is 0 Å². The minimum absolute atomic E-state index is 0.142. The topological polar surface area (TPSA) is 49.3 Å². The molecular formula is C16H31NO2. The predicted octanol–water partition coefficient (Wildman–Crippen LogP) is 3.54. The second kappa shape index (κ2) is 6.74. The molecule has 0 amide bonds. The molecule has 0 bridgehead atoms. The summed E-state index contributed by atoms with van der Waals surface area (Å²) < 4.78 is 0. The molecule has 0 aliphatic heterocycles. The number of carbonyl (C=O) groups is 1. The maximum Gasteiger partial charge on any atom is 0.320 e. The summed E-state index contributed by atoms with van der Waals surface area (Å²) in [6.07, 6.45) is 5.04. The van der Waals surface area contributed by atoms with Crippen molar-refractivity contribution < 1.29 is 9.90 Å². The number of aliphatic carboxylic acids is 1. The van der Waals surface area contributed by atoms with E-state index >= 15 is 0 Å². The lowest BCUT2D eigenvalue weighted by Gasteiger charge is -2.37. The van der Waals surface area contributed by atoms with Gasteiger partial charge < -0.3 is 10.4 Å². The molecule has 0 aromatic rings. The van der Waals surface area contributed by atoms with Crippen LogP contribution < -0.4 is 5.32 Å². The minimum Gasteiger partial charge on any atom is -0.480 e. The first-order chi connectivity index (χ1) is 8.71. The van der Waals surface area contributed by atoms with Crippen LogP contribution in [0.3, 0.4) is 0 Å². The minimum atomic E-state index is -0.724. The number of carboxylic acid groups (broad SMARTS) is 1. The summed E-state index contributed by atoms with van der Waals surface area (Å²) in [6, 6.07) is -0.402. The predicted molar refractivity (Wildman–Crippen MR) is 79.2 cm³/mol. The van der Waals surface area contributed by atoms with Crippen LogP contribution in [0.25, 0.3) is 0 Å². The summed E-state index contributed by atoms with van der Waals surface area (Å²) in [5.74, 6) is 0.894. The van der Waals surface area contributed by atoms with Crippen LogP contribution in [0, 0.1) is 23.2 Å². The van der Waals surface area contributed by atoms with Crippen molar-refractivity contribution >= 4 is 5.97 Å². The molecule has 1 fully saturated rings. The molecule has 1 saturated carbocycles. The number of nitrogens with one attached hydrogen (secondary N) is 1. The number of rotatable bonds is 5. The molecule has 0 heterocycles. The Balaban J connectivity index is 2.35. The standard InChI is InChI=1S/C16H31NO2/c1-11(2)14(15(18)19)17-10-12-6-8-13(9-7-12)16(3,4)5/h11-14,17H,6-10H2,1-5H3,(H,18,19). The van der Waals surface area contributed by atoms with E-state index in [0.717, 1.165) is 12.5 Å². The molecule has 19 heavy (non-hydrogen) atoms. The second-order valence-corrected chi connectivity index (χ2v) is 7.55. The van der Waals surface area contributed by atoms with Crippen LogP contribution in [0.5, 0.6) is 0 Å². The highest BCUT2D eigenvalue weighted by Crippen LogP contribution is 2.39. The smallest absolute Gasteiger partial charge is 0.320 e. The Hall–Kier alpha value is -0.570. The molecule has 0 saturated heterocycles. The van der Waals surface area contributed by atoms with Crippen molar-refractivity contribution in [1.82, 2.24) is 5.32 Å². The average molecular weight is 269 g/mol. The molecule has 3 nitrogen and oxygen atoms in total. The number of carboxylic acids is 1. The van der Waals surface area contributed by atoms with Crippen LogP contribution in [0.1, 0.15) is 60.3 Å². The van der Waals surface area contributed by atoms with Crippen molar-refractivity contribution in [3.63, 3.8) is 0 Å². The van der Waals surface area contributed by atoms with E-state index in [1.807, 2.05) is 13.8 Å². The lowest BCUT2D eigenvalue weighted by Crippen LogP contribution is -2.43. The van der Waals surface area contributed by atoms with Crippen LogP contribution in [0.2, 0.25) is 0 Å². The largest absolute Gasteiger partial charge is 0.480 e. The monoisotopic (exact) mass is 269 g/mol. The van der Waals surface area contributed by atoms with Gasteiger partial charge in [0.15, 0.2) is 0 Å². The molecular weight excluding hydrogens is 238 g/mol. The van der Waals surface area contributed by atoms with Gasteiger partial charge in [0.2, 0.25) is 0 Å². The van der Waals surface area contributed by atoms with Crippen molar-refractivity contribution in [2.24, 2.45) is 23.2 Å². The highest BCUT2D eigenvalue weighted by atomic mass is 16.4. The van der Waals surface area contributed by atoms with Crippen molar-refractivity contribution in [3.05, 3.63) is 0 Å². The molecule has 1 atom stereocenters. The highest BCUT2D eigenvalue weighted by Gasteiger charge is 2.30. The van der Waals surface area contributed by atoms with E-state index in [2.05, 4.69) is 26.1 Å². The molecule has 0 radical (unpaired) electrons. The van der Waals surface area contributed by atoms with E-state index < -0.39 is 12.0 Å². The van der Waals surface area contributed by atoms with E-state index in [9.17, 15) is 4.79 Å². The van der Waals surface area contributed by atoms with Gasteiger partial charge in [-0.15, -0.1) is 0 Å². The van der Waals surface area contributed by atoms with E-state index in [-0.39, 0.29) is 5.92 Å². The first kappa shape index (κ1) is 16.5. The van der Waals surface area contributed by atoms with Crippen LogP contribution in [-0.4, -0.2) is 23.7 Å². The third-order valence-corrected chi connectivity index (χ3v) is 4.63. The molecule has 0 aromatic carbocycles. The van der Waals surface area contributed by atoms with Crippen molar-refractivity contribution in [2.75, 3.05) is 6.54 Å². The Bertz CT molecular complexity index is 286. The Morgan fingerprint density at radius 1 is 1.21 bits per heavy atom. The first-order valence-corrected chi connectivity index (χ1v) is 7.68. The van der Waals surface area contributed by atoms with Crippen LogP contribution in [0.4, 0.5) is 0 Å². The van der Waals surface area contributed by atoms with Gasteiger partial charge in [-0.25, -0.2) is 0 Å². The van der Waals surface area contributed by atoms with Gasteiger partial charge in [0.25, 0.3) is 0 Å². The van der Waals surface area contributed by atoms with Gasteiger partial charge in [0.05, 0.1) is 0 Å². The van der Waals surface area contributed by atoms with Gasteiger partial charge in [-0.05, 0) is 55.4 Å². The van der Waals surface area contributed by atoms with Crippen molar-refractivity contribution in [3.8, 4) is 0 Å². The molecule has 1 unspecified atom stereocenters. The third kappa shape index (κ3) is 5.13. The lowest BCUT2D eigenvalue weighted by molar-refractivity contribution is -0.140. The van der Waals surface area contributed by atoms with Gasteiger partial charge in [-0.1, -0.05) is 34.6 Å². The molecule has 0 aromatic heterocycles. The average Bonchev–Trinajstić information content (AvgIpc) is 2.27. The molecule has 1 rings (SSSR count). The van der Waals surface area contributed by atoms with Gasteiger partial charge in [-0.3, -0.25) is 4.79 Å². The van der Waals surface area contributed by atoms with E-state index in [0.29, 0.717) is 11.3 Å². The zero-order valence-corrected chi connectivity index (χ0v) is 13.2. The van der Waals surface area contributed by atoms with Gasteiger partial charge in [0, 0.05) is 0 Å². The summed E-state index contributed by atoms with van der Waals surface area (Å²) in [5, 5.41) is 12.4. The highest BCUT2D eigenvalue weighted by molar-refractivity contribution is 5.73. The van der Waals surface area contributed by atoms with Gasteiger partial charge >= 0.3 is 5.97 Å². The fourth-order valence-electron chi connectivity index (χ4n) is 3.13. The normalized spacial score (nSPS) is 26.4. The fraction of sp³-hybridized carbons (Fsp3) is 0.938. The number of hydrogen-bond donors (Lipinski definition) is 2. The van der Waals surface area contributed by atoms with Crippen LogP contribution >= 0.6 is 0 Å². The first-order valence-electron chi connectivity index (χ1n) is 7.68. The van der Waals surface area contributed by atoms with E-state index in [1.54, 1.807) is 0 Å². The SMILES string of the molecule is CC(C)C(NCC1CCC(C(C)(C)C)CC1)C(=O)O. The Morgan fingerprint density at radius 2 is 1.74 bits per heavy atom. The Kier molecular flexibility index (Phi) is 5.84. The zero-order chi connectivity index (χ0) is 14.6. The molecule has 3 heteroatoms. The van der Waals surface area contributed by atoms with Gasteiger partial charge in [0.1, 0.15) is 6.04 Å². The maximum absolute atomic E-state index is 11.1. The quantitative estimate of drug-likeness (QED) is 0.802. The fourth-order valence-corrected chi connectivity index (χ4v) is 3.13.